The first-order valence-electron chi connectivity index (χ1n) is 7.67. The Balaban J connectivity index is 1.88. The van der Waals surface area contributed by atoms with E-state index in [0.29, 0.717) is 39.2 Å². The highest BCUT2D eigenvalue weighted by atomic mass is 127. The van der Waals surface area contributed by atoms with Crippen LogP contribution >= 0.6 is 22.6 Å². The summed E-state index contributed by atoms with van der Waals surface area (Å²) in [4.78, 5) is 12.9. The molecule has 0 amide bonds. The van der Waals surface area contributed by atoms with Gasteiger partial charge in [-0.25, -0.2) is 23.7 Å². The van der Waals surface area contributed by atoms with Crippen LogP contribution in [0, 0.1) is 15.5 Å². The van der Waals surface area contributed by atoms with Crippen LogP contribution < -0.4 is 5.32 Å². The predicted molar refractivity (Wildman–Crippen MR) is 108 cm³/mol. The molecule has 3 aromatic rings. The molecule has 0 saturated heterocycles. The molecule has 0 spiro atoms. The second-order valence-electron chi connectivity index (χ2n) is 5.68. The molecule has 0 radical (unpaired) electrons. The second-order valence-corrected chi connectivity index (χ2v) is 9.02. The van der Waals surface area contributed by atoms with Gasteiger partial charge in [0, 0.05) is 22.6 Å². The summed E-state index contributed by atoms with van der Waals surface area (Å²) in [5, 5.41) is 2.70. The number of hydrogen-bond donors (Lipinski definition) is 1. The van der Waals surface area contributed by atoms with Crippen molar-refractivity contribution in [2.45, 2.75) is 6.73 Å². The van der Waals surface area contributed by atoms with Crippen LogP contribution in [0.4, 0.5) is 20.3 Å². The molecular weight excluding hydrogens is 475 g/mol. The fourth-order valence-corrected chi connectivity index (χ4v) is 3.14. The number of rotatable bonds is 7. The largest absolute Gasteiger partial charge is 0.356 e. The summed E-state index contributed by atoms with van der Waals surface area (Å²) in [7, 11) is 0.317. The molecule has 2 heterocycles. The fourth-order valence-electron chi connectivity index (χ4n) is 2.22. The summed E-state index contributed by atoms with van der Waals surface area (Å²) in [6.45, 7) is 0.942. The Labute approximate surface area is 165 Å². The van der Waals surface area contributed by atoms with E-state index in [-0.39, 0.29) is 11.5 Å². The Bertz CT molecular complexity index is 901. The minimum Gasteiger partial charge on any atom is -0.356 e. The van der Waals surface area contributed by atoms with Gasteiger partial charge in [0.05, 0.1) is 25.4 Å². The molecular formula is C16H17F2IN5OS+. The third kappa shape index (κ3) is 4.41. The van der Waals surface area contributed by atoms with Gasteiger partial charge >= 0.3 is 0 Å². The molecule has 0 fully saturated rings. The van der Waals surface area contributed by atoms with Crippen molar-refractivity contribution in [3.63, 3.8) is 0 Å². The van der Waals surface area contributed by atoms with E-state index in [1.807, 2.05) is 22.6 Å². The molecule has 138 valence electrons. The van der Waals surface area contributed by atoms with Gasteiger partial charge in [-0.05, 0) is 23.0 Å². The lowest BCUT2D eigenvalue weighted by atomic mass is 10.3. The summed E-state index contributed by atoms with van der Waals surface area (Å²) in [5.74, 6) is -0.183. The minimum absolute atomic E-state index is 0.241. The highest BCUT2D eigenvalue weighted by molar-refractivity contribution is 14.1. The van der Waals surface area contributed by atoms with E-state index in [2.05, 4.69) is 32.8 Å². The molecule has 1 aromatic carbocycles. The van der Waals surface area contributed by atoms with E-state index < -0.39 is 11.6 Å². The molecule has 0 bridgehead atoms. The number of nitrogens with one attached hydrogen (secondary N) is 1. The van der Waals surface area contributed by atoms with Crippen molar-refractivity contribution in [3.05, 3.63) is 40.0 Å². The van der Waals surface area contributed by atoms with Crippen molar-refractivity contribution >= 4 is 56.2 Å². The van der Waals surface area contributed by atoms with Gasteiger partial charge in [0.2, 0.25) is 0 Å². The zero-order chi connectivity index (χ0) is 18.7. The average molecular weight is 492 g/mol. The molecule has 3 rings (SSSR count). The average Bonchev–Trinajstić information content (AvgIpc) is 2.98. The number of para-hydroxylation sites is 1. The normalized spacial score (nSPS) is 11.5. The summed E-state index contributed by atoms with van der Waals surface area (Å²) in [5.41, 5.74) is 0.685. The lowest BCUT2D eigenvalue weighted by Gasteiger charge is -2.09. The maximum absolute atomic E-state index is 13.9. The molecule has 0 aliphatic carbocycles. The molecule has 0 atom stereocenters. The zero-order valence-corrected chi connectivity index (χ0v) is 17.1. The first kappa shape index (κ1) is 19.2. The van der Waals surface area contributed by atoms with Crippen LogP contribution in [-0.2, 0) is 22.4 Å². The van der Waals surface area contributed by atoms with Crippen molar-refractivity contribution in [2.24, 2.45) is 0 Å². The lowest BCUT2D eigenvalue weighted by molar-refractivity contribution is 0.0920. The van der Waals surface area contributed by atoms with Crippen LogP contribution in [-0.4, -0.2) is 44.4 Å². The van der Waals surface area contributed by atoms with E-state index in [1.54, 1.807) is 10.9 Å². The minimum atomic E-state index is -0.705. The lowest BCUT2D eigenvalue weighted by Crippen LogP contribution is -2.11. The Hall–Kier alpha value is -1.53. The SMILES string of the molecule is C[S+](C)CCOCn1cnc2c(Nc3c(F)cccc3F)nc(I)nc21. The van der Waals surface area contributed by atoms with E-state index in [0.717, 1.165) is 5.75 Å². The number of aromatic nitrogens is 4. The maximum atomic E-state index is 13.9. The number of imidazole rings is 1. The van der Waals surface area contributed by atoms with E-state index in [1.165, 1.54) is 18.2 Å². The van der Waals surface area contributed by atoms with E-state index in [9.17, 15) is 8.78 Å². The summed E-state index contributed by atoms with van der Waals surface area (Å²) in [6, 6.07) is 3.66. The van der Waals surface area contributed by atoms with E-state index >= 15 is 0 Å². The molecule has 1 N–H and O–H groups in total. The predicted octanol–water partition coefficient (Wildman–Crippen LogP) is 3.30. The number of anilines is 2. The Morgan fingerprint density at radius 1 is 1.23 bits per heavy atom. The highest BCUT2D eigenvalue weighted by Crippen LogP contribution is 2.26. The van der Waals surface area contributed by atoms with Gasteiger partial charge in [-0.2, -0.15) is 0 Å². The van der Waals surface area contributed by atoms with Crippen molar-refractivity contribution in [2.75, 3.05) is 30.2 Å². The van der Waals surface area contributed by atoms with E-state index in [4.69, 9.17) is 4.74 Å². The third-order valence-electron chi connectivity index (χ3n) is 3.51. The second kappa shape index (κ2) is 8.44. The van der Waals surface area contributed by atoms with Gasteiger partial charge in [-0.15, -0.1) is 0 Å². The molecule has 6 nitrogen and oxygen atoms in total. The summed E-state index contributed by atoms with van der Waals surface area (Å²) in [6.07, 6.45) is 5.90. The number of hydrogen-bond acceptors (Lipinski definition) is 5. The smallest absolute Gasteiger partial charge is 0.194 e. The van der Waals surface area contributed by atoms with Crippen molar-refractivity contribution < 1.29 is 13.5 Å². The summed E-state index contributed by atoms with van der Waals surface area (Å²) >= 11 is 1.95. The van der Waals surface area contributed by atoms with Crippen LogP contribution in [0.1, 0.15) is 0 Å². The van der Waals surface area contributed by atoms with Gasteiger partial charge in [0.25, 0.3) is 0 Å². The van der Waals surface area contributed by atoms with Gasteiger partial charge in [-0.3, -0.25) is 4.57 Å². The Morgan fingerprint density at radius 2 is 1.96 bits per heavy atom. The third-order valence-corrected chi connectivity index (χ3v) is 4.97. The number of benzene rings is 1. The number of fused-ring (bicyclic) bond motifs is 1. The fraction of sp³-hybridized carbons (Fsp3) is 0.312. The Kier molecular flexibility index (Phi) is 6.24. The van der Waals surface area contributed by atoms with Crippen LogP contribution in [0.3, 0.4) is 0 Å². The van der Waals surface area contributed by atoms with Crippen molar-refractivity contribution in [3.8, 4) is 0 Å². The molecule has 10 heteroatoms. The van der Waals surface area contributed by atoms with Gasteiger partial charge < -0.3 is 10.1 Å². The molecule has 26 heavy (non-hydrogen) atoms. The van der Waals surface area contributed by atoms with Crippen LogP contribution in [0.2, 0.25) is 0 Å². The molecule has 2 aromatic heterocycles. The molecule has 0 aliphatic rings. The van der Waals surface area contributed by atoms with Gasteiger partial charge in [0.1, 0.15) is 29.8 Å². The molecule has 0 aliphatic heterocycles. The topological polar surface area (TPSA) is 64.9 Å². The number of ether oxygens (including phenoxy) is 1. The zero-order valence-electron chi connectivity index (χ0n) is 14.2. The van der Waals surface area contributed by atoms with Crippen molar-refractivity contribution in [1.29, 1.82) is 0 Å². The maximum Gasteiger partial charge on any atom is 0.194 e. The Morgan fingerprint density at radius 3 is 2.65 bits per heavy atom. The first-order chi connectivity index (χ1) is 12.5. The van der Waals surface area contributed by atoms with Crippen LogP contribution in [0.25, 0.3) is 11.2 Å². The number of nitrogens with zero attached hydrogens (tertiary/aromatic N) is 4. The van der Waals surface area contributed by atoms with Crippen LogP contribution in [0.15, 0.2) is 24.5 Å². The van der Waals surface area contributed by atoms with Crippen LogP contribution in [0.5, 0.6) is 0 Å². The molecule has 0 unspecified atom stereocenters. The quantitative estimate of drug-likeness (QED) is 0.238. The van der Waals surface area contributed by atoms with Crippen molar-refractivity contribution in [1.82, 2.24) is 19.5 Å². The first-order valence-corrected chi connectivity index (χ1v) is 11.0. The number of halogens is 3. The summed E-state index contributed by atoms with van der Waals surface area (Å²) < 4.78 is 35.7. The molecule has 0 saturated carbocycles. The standard InChI is InChI=1S/C16H17F2IN5OS/c1-26(2)7-6-25-9-24-8-20-13-14(22-16(19)23-15(13)24)21-12-10(17)4-3-5-11(12)18/h3-5,8H,6-7,9H2,1-2H3,(H,21,22,23)/q+1. The van der Waals surface area contributed by atoms with Gasteiger partial charge in [0.15, 0.2) is 20.8 Å². The monoisotopic (exact) mass is 492 g/mol. The highest BCUT2D eigenvalue weighted by Gasteiger charge is 2.16. The van der Waals surface area contributed by atoms with Gasteiger partial charge in [-0.1, -0.05) is 6.07 Å².